The van der Waals surface area contributed by atoms with Crippen molar-refractivity contribution in [2.75, 3.05) is 19.7 Å². The number of thioether (sulfide) groups is 1. The summed E-state index contributed by atoms with van der Waals surface area (Å²) in [5.74, 6) is -1.79. The van der Waals surface area contributed by atoms with Gasteiger partial charge < -0.3 is 19.8 Å². The maximum absolute atomic E-state index is 15.3. The molecule has 3 heterocycles. The number of likely N-dealkylation sites (tertiary alicyclic amines) is 1. The molecule has 3 fully saturated rings. The lowest BCUT2D eigenvalue weighted by Gasteiger charge is -2.46. The molecule has 8 heteroatoms. The number of amides is 3. The van der Waals surface area contributed by atoms with Gasteiger partial charge in [0.25, 0.3) is 0 Å². The quantitative estimate of drug-likeness (QED) is 0.242. The Morgan fingerprint density at radius 1 is 0.979 bits per heavy atom. The predicted octanol–water partition coefficient (Wildman–Crippen LogP) is 6.65. The molecule has 5 rings (SSSR count). The smallest absolute Gasteiger partial charge is 0.247 e. The van der Waals surface area contributed by atoms with Crippen molar-refractivity contribution >= 4 is 29.5 Å². The third kappa shape index (κ3) is 6.38. The largest absolute Gasteiger partial charge is 0.394 e. The van der Waals surface area contributed by atoms with Gasteiger partial charge in [-0.2, -0.15) is 0 Å². The first-order valence-electron chi connectivity index (χ1n) is 17.2. The molecule has 258 valence electrons. The molecule has 7 nitrogen and oxygen atoms in total. The van der Waals surface area contributed by atoms with E-state index in [9.17, 15) is 9.90 Å². The van der Waals surface area contributed by atoms with Gasteiger partial charge >= 0.3 is 0 Å². The Balaban J connectivity index is 1.64. The number of carbonyl (C=O) groups excluding carboxylic acids is 3. The van der Waals surface area contributed by atoms with Crippen LogP contribution in [0.1, 0.15) is 78.0 Å². The number of carbonyl (C=O) groups is 3. The van der Waals surface area contributed by atoms with Crippen LogP contribution in [0.5, 0.6) is 0 Å². The van der Waals surface area contributed by atoms with E-state index < -0.39 is 39.0 Å². The first-order chi connectivity index (χ1) is 22.6. The molecule has 2 aromatic rings. The van der Waals surface area contributed by atoms with Crippen LogP contribution in [-0.2, 0) is 20.9 Å². The van der Waals surface area contributed by atoms with Gasteiger partial charge in [0.05, 0.1) is 29.2 Å². The summed E-state index contributed by atoms with van der Waals surface area (Å²) < 4.78 is -1.35. The molecule has 0 aromatic heterocycles. The van der Waals surface area contributed by atoms with E-state index in [-0.39, 0.29) is 29.7 Å². The first kappa shape index (κ1) is 35.9. The van der Waals surface area contributed by atoms with E-state index >= 15 is 9.59 Å². The highest BCUT2D eigenvalue weighted by molar-refractivity contribution is 8.02. The number of rotatable bonds is 13. The van der Waals surface area contributed by atoms with E-state index in [1.807, 2.05) is 65.6 Å². The van der Waals surface area contributed by atoms with E-state index in [1.54, 1.807) is 33.7 Å². The maximum Gasteiger partial charge on any atom is 0.247 e. The van der Waals surface area contributed by atoms with Crippen molar-refractivity contribution in [3.63, 3.8) is 0 Å². The maximum atomic E-state index is 15.3. The van der Waals surface area contributed by atoms with Crippen LogP contribution in [0, 0.1) is 17.3 Å². The molecule has 6 atom stereocenters. The van der Waals surface area contributed by atoms with Crippen molar-refractivity contribution in [1.82, 2.24) is 14.7 Å². The molecule has 0 saturated carbocycles. The van der Waals surface area contributed by atoms with Crippen molar-refractivity contribution in [3.8, 4) is 0 Å². The fourth-order valence-electron chi connectivity index (χ4n) is 9.08. The number of hydrogen-bond donors (Lipinski definition) is 1. The third-order valence-corrected chi connectivity index (χ3v) is 12.5. The number of nitrogens with zero attached hydrogens (tertiary/aromatic N) is 3. The van der Waals surface area contributed by atoms with E-state index in [1.165, 1.54) is 0 Å². The van der Waals surface area contributed by atoms with Gasteiger partial charge in [0.2, 0.25) is 17.7 Å². The minimum atomic E-state index is -0.863. The highest BCUT2D eigenvalue weighted by atomic mass is 32.2. The second-order valence-corrected chi connectivity index (χ2v) is 17.8. The summed E-state index contributed by atoms with van der Waals surface area (Å²) in [5, 5.41) is 11.0. The van der Waals surface area contributed by atoms with Crippen LogP contribution in [0.2, 0.25) is 0 Å². The number of hydrogen-bond acceptors (Lipinski definition) is 5. The fraction of sp³-hybridized carbons (Fsp3) is 0.525. The van der Waals surface area contributed by atoms with Gasteiger partial charge in [0.1, 0.15) is 6.04 Å². The van der Waals surface area contributed by atoms with Crippen LogP contribution >= 0.6 is 11.8 Å². The summed E-state index contributed by atoms with van der Waals surface area (Å²) in [5.41, 5.74) is 1.15. The molecule has 3 saturated heterocycles. The monoisotopic (exact) mass is 671 g/mol. The topological polar surface area (TPSA) is 81.2 Å². The Morgan fingerprint density at radius 2 is 1.58 bits per heavy atom. The Kier molecular flexibility index (Phi) is 10.1. The van der Waals surface area contributed by atoms with Crippen molar-refractivity contribution in [1.29, 1.82) is 0 Å². The molecule has 2 bridgehead atoms. The molecule has 1 spiro atoms. The van der Waals surface area contributed by atoms with Crippen LogP contribution in [0.3, 0.4) is 0 Å². The lowest BCUT2D eigenvalue weighted by atomic mass is 9.66. The summed E-state index contributed by atoms with van der Waals surface area (Å²) in [6.07, 6.45) is 5.57. The van der Waals surface area contributed by atoms with Crippen molar-refractivity contribution in [2.24, 2.45) is 17.3 Å². The SMILES string of the molecule is C=CCN(Cc1ccccc1)C(=O)[C@H]1[C@H]2C(=O)N([C@H](CO)c3ccccc3)C(C(=O)N(CC=C)C(C)(C)CC(C)(C)C)C23CC[C@]1(C)S3. The number of benzene rings is 2. The van der Waals surface area contributed by atoms with Crippen LogP contribution < -0.4 is 0 Å². The molecule has 3 aliphatic rings. The van der Waals surface area contributed by atoms with Gasteiger partial charge in [0.15, 0.2) is 0 Å². The van der Waals surface area contributed by atoms with Gasteiger partial charge in [-0.05, 0) is 56.6 Å². The summed E-state index contributed by atoms with van der Waals surface area (Å²) in [6, 6.07) is 17.7. The Morgan fingerprint density at radius 3 is 2.15 bits per heavy atom. The summed E-state index contributed by atoms with van der Waals surface area (Å²) in [4.78, 5) is 50.6. The van der Waals surface area contributed by atoms with Crippen molar-refractivity contribution in [3.05, 3.63) is 97.1 Å². The lowest BCUT2D eigenvalue weighted by molar-refractivity contribution is -0.150. The molecule has 0 aliphatic carbocycles. The van der Waals surface area contributed by atoms with E-state index in [0.717, 1.165) is 17.5 Å². The van der Waals surface area contributed by atoms with Gasteiger partial charge in [-0.25, -0.2) is 0 Å². The highest BCUT2D eigenvalue weighted by Gasteiger charge is 2.78. The molecule has 3 amide bonds. The van der Waals surface area contributed by atoms with Crippen molar-refractivity contribution in [2.45, 2.75) is 94.5 Å². The Bertz CT molecular complexity index is 1520. The lowest BCUT2D eigenvalue weighted by Crippen LogP contribution is -2.60. The molecule has 2 aromatic carbocycles. The molecule has 1 N–H and O–H groups in total. The summed E-state index contributed by atoms with van der Waals surface area (Å²) in [6.45, 7) is 21.4. The fourth-order valence-corrected chi connectivity index (χ4v) is 11.4. The standard InChI is InChI=1S/C40H53N3O4S/c1-9-23-41(25-28-17-13-11-14-18-28)34(45)31-32-35(46)43(30(26-44)29-19-15-12-16-20-29)33(40(32)22-21-39(31,8)48-40)36(47)42(24-10-2)38(6,7)27-37(3,4)5/h9-20,30-33,44H,1-2,21-27H2,3-8H3/t30-,31-,32+,33?,39+,40?/m1/s1. The average molecular weight is 672 g/mol. The molecule has 48 heavy (non-hydrogen) atoms. The molecule has 0 radical (unpaired) electrons. The van der Waals surface area contributed by atoms with Crippen LogP contribution in [0.25, 0.3) is 0 Å². The Hall–Kier alpha value is -3.36. The normalized spacial score (nSPS) is 27.0. The second-order valence-electron chi connectivity index (χ2n) is 15.9. The van der Waals surface area contributed by atoms with Crippen LogP contribution in [0.15, 0.2) is 86.0 Å². The van der Waals surface area contributed by atoms with Crippen LogP contribution in [-0.4, -0.2) is 78.3 Å². The summed E-state index contributed by atoms with van der Waals surface area (Å²) >= 11 is 1.67. The number of aliphatic hydroxyl groups is 1. The number of aliphatic hydroxyl groups excluding tert-OH is 1. The molecular weight excluding hydrogens is 619 g/mol. The second kappa shape index (κ2) is 13.5. The molecular formula is C40H53N3O4S. The summed E-state index contributed by atoms with van der Waals surface area (Å²) in [7, 11) is 0. The van der Waals surface area contributed by atoms with Gasteiger partial charge in [-0.15, -0.1) is 24.9 Å². The van der Waals surface area contributed by atoms with Gasteiger partial charge in [-0.3, -0.25) is 14.4 Å². The zero-order chi connectivity index (χ0) is 35.1. The number of fused-ring (bicyclic) bond motifs is 1. The average Bonchev–Trinajstić information content (AvgIpc) is 3.60. The van der Waals surface area contributed by atoms with Crippen molar-refractivity contribution < 1.29 is 19.5 Å². The minimum absolute atomic E-state index is 0.0637. The zero-order valence-electron chi connectivity index (χ0n) is 29.5. The van der Waals surface area contributed by atoms with E-state index in [0.29, 0.717) is 32.5 Å². The van der Waals surface area contributed by atoms with E-state index in [2.05, 4.69) is 54.7 Å². The Labute approximate surface area is 291 Å². The minimum Gasteiger partial charge on any atom is -0.394 e. The van der Waals surface area contributed by atoms with E-state index in [4.69, 9.17) is 0 Å². The predicted molar refractivity (Wildman–Crippen MR) is 194 cm³/mol. The highest BCUT2D eigenvalue weighted by Crippen LogP contribution is 2.72. The molecule has 3 aliphatic heterocycles. The van der Waals surface area contributed by atoms with Crippen LogP contribution in [0.4, 0.5) is 0 Å². The van der Waals surface area contributed by atoms with Gasteiger partial charge in [0, 0.05) is 29.9 Å². The third-order valence-electron chi connectivity index (χ3n) is 10.6. The first-order valence-corrected chi connectivity index (χ1v) is 18.0. The molecule has 2 unspecified atom stereocenters. The zero-order valence-corrected chi connectivity index (χ0v) is 30.3. The van der Waals surface area contributed by atoms with Gasteiger partial charge in [-0.1, -0.05) is 93.6 Å².